The highest BCUT2D eigenvalue weighted by atomic mass is 16.5. The van der Waals surface area contributed by atoms with Crippen molar-refractivity contribution in [3.63, 3.8) is 0 Å². The van der Waals surface area contributed by atoms with Gasteiger partial charge in [0.05, 0.1) is 12.8 Å². The third-order valence-corrected chi connectivity index (χ3v) is 6.59. The lowest BCUT2D eigenvalue weighted by atomic mass is 9.94. The Morgan fingerprint density at radius 3 is 2.33 bits per heavy atom. The van der Waals surface area contributed by atoms with Crippen LogP contribution in [0.4, 0.5) is 5.69 Å². The molecule has 0 bridgehead atoms. The lowest BCUT2D eigenvalue weighted by Gasteiger charge is -2.33. The highest BCUT2D eigenvalue weighted by Gasteiger charge is 2.35. The van der Waals surface area contributed by atoms with E-state index in [-0.39, 0.29) is 23.6 Å². The highest BCUT2D eigenvalue weighted by Crippen LogP contribution is 2.31. The number of nitrogens with zero attached hydrogens (tertiary/aromatic N) is 3. The second-order valence-electron chi connectivity index (χ2n) is 9.03. The van der Waals surface area contributed by atoms with Gasteiger partial charge in [-0.3, -0.25) is 19.5 Å². The van der Waals surface area contributed by atoms with Crippen molar-refractivity contribution >= 4 is 17.5 Å². The lowest BCUT2D eigenvalue weighted by molar-refractivity contribution is -0.123. The highest BCUT2D eigenvalue weighted by molar-refractivity contribution is 6.09. The predicted molar refractivity (Wildman–Crippen MR) is 140 cm³/mol. The molecular weight excluding hydrogens is 452 g/mol. The number of ether oxygens (including phenoxy) is 1. The quantitative estimate of drug-likeness (QED) is 0.445. The third-order valence-electron chi connectivity index (χ3n) is 6.59. The molecule has 2 aromatic carbocycles. The number of aromatic nitrogens is 2. The van der Waals surface area contributed by atoms with E-state index in [1.165, 1.54) is 29.9 Å². The van der Waals surface area contributed by atoms with Crippen molar-refractivity contribution < 1.29 is 14.3 Å². The minimum Gasteiger partial charge on any atom is -0.494 e. The summed E-state index contributed by atoms with van der Waals surface area (Å²) in [4.78, 5) is 37.7. The van der Waals surface area contributed by atoms with Crippen LogP contribution in [0.15, 0.2) is 67.1 Å². The number of carbonyl (C=O) groups is 2. The van der Waals surface area contributed by atoms with Crippen molar-refractivity contribution in [2.24, 2.45) is 0 Å². The number of benzene rings is 2. The summed E-state index contributed by atoms with van der Waals surface area (Å²) < 4.78 is 5.61. The maximum Gasteiger partial charge on any atom is 0.279 e. The smallest absolute Gasteiger partial charge is 0.279 e. The number of amides is 2. The molecule has 4 rings (SSSR count). The molecule has 0 aliphatic heterocycles. The maximum atomic E-state index is 13.9. The van der Waals surface area contributed by atoms with Gasteiger partial charge in [0.1, 0.15) is 17.5 Å². The van der Waals surface area contributed by atoms with E-state index < -0.39 is 6.04 Å². The van der Waals surface area contributed by atoms with Gasteiger partial charge in [0.25, 0.3) is 5.91 Å². The molecule has 36 heavy (non-hydrogen) atoms. The summed E-state index contributed by atoms with van der Waals surface area (Å²) in [6.45, 7) is 4.55. The van der Waals surface area contributed by atoms with E-state index in [1.807, 2.05) is 55.5 Å². The Bertz CT molecular complexity index is 1130. The van der Waals surface area contributed by atoms with Gasteiger partial charge in [0.15, 0.2) is 0 Å². The molecule has 0 radical (unpaired) electrons. The molecule has 1 fully saturated rings. The lowest BCUT2D eigenvalue weighted by Crippen LogP contribution is -2.47. The van der Waals surface area contributed by atoms with Crippen molar-refractivity contribution in [3.8, 4) is 5.75 Å². The van der Waals surface area contributed by atoms with Crippen LogP contribution < -0.4 is 15.0 Å². The molecule has 7 nitrogen and oxygen atoms in total. The van der Waals surface area contributed by atoms with Crippen LogP contribution in [-0.4, -0.2) is 34.4 Å². The molecule has 3 aromatic rings. The largest absolute Gasteiger partial charge is 0.494 e. The van der Waals surface area contributed by atoms with Gasteiger partial charge in [-0.05, 0) is 61.6 Å². The fourth-order valence-corrected chi connectivity index (χ4v) is 4.67. The van der Waals surface area contributed by atoms with Crippen molar-refractivity contribution in [2.45, 2.75) is 64.5 Å². The number of anilines is 1. The Morgan fingerprint density at radius 1 is 1.00 bits per heavy atom. The van der Waals surface area contributed by atoms with Gasteiger partial charge in [0, 0.05) is 24.1 Å². The standard InChI is InChI=1S/C29H34N4O3/c1-3-21-10-14-24(15-11-21)33(29(35)26-20-30-18-19-31-26)27(22-12-16-25(17-13-22)36-4-2)28(34)32-23-8-6-5-7-9-23/h10-20,23,27H,3-9H2,1-2H3,(H,32,34)/t27-/m0/s1. The molecule has 1 heterocycles. The molecule has 1 aliphatic rings. The predicted octanol–water partition coefficient (Wildman–Crippen LogP) is 5.27. The van der Waals surface area contributed by atoms with Gasteiger partial charge in [-0.1, -0.05) is 50.5 Å². The van der Waals surface area contributed by atoms with E-state index >= 15 is 0 Å². The van der Waals surface area contributed by atoms with Crippen molar-refractivity contribution in [3.05, 3.63) is 83.9 Å². The SMILES string of the molecule is CCOc1ccc([C@@H](C(=O)NC2CCCCC2)N(C(=O)c2cnccn2)c2ccc(CC)cc2)cc1. The molecule has 0 saturated heterocycles. The zero-order valence-corrected chi connectivity index (χ0v) is 21.0. The summed E-state index contributed by atoms with van der Waals surface area (Å²) in [6, 6.07) is 14.4. The Kier molecular flexibility index (Phi) is 8.66. The maximum absolute atomic E-state index is 13.9. The Hall–Kier alpha value is -3.74. The number of hydrogen-bond acceptors (Lipinski definition) is 5. The van der Waals surface area contributed by atoms with Crippen molar-refractivity contribution in [2.75, 3.05) is 11.5 Å². The molecule has 1 N–H and O–H groups in total. The number of carbonyl (C=O) groups excluding carboxylic acids is 2. The number of hydrogen-bond donors (Lipinski definition) is 1. The van der Waals surface area contributed by atoms with E-state index in [0.29, 0.717) is 23.6 Å². The van der Waals surface area contributed by atoms with Gasteiger partial charge in [0.2, 0.25) is 5.91 Å². The minimum absolute atomic E-state index is 0.104. The topological polar surface area (TPSA) is 84.4 Å². The normalized spacial score (nSPS) is 14.6. The summed E-state index contributed by atoms with van der Waals surface area (Å²) in [5.74, 6) is 0.125. The van der Waals surface area contributed by atoms with Gasteiger partial charge in [-0.25, -0.2) is 4.98 Å². The third kappa shape index (κ3) is 6.08. The van der Waals surface area contributed by atoms with E-state index in [0.717, 1.165) is 37.7 Å². The molecule has 2 amide bonds. The zero-order chi connectivity index (χ0) is 25.3. The van der Waals surface area contributed by atoms with Crippen molar-refractivity contribution in [1.29, 1.82) is 0 Å². The van der Waals surface area contributed by atoms with Gasteiger partial charge in [-0.15, -0.1) is 0 Å². The molecule has 0 spiro atoms. The van der Waals surface area contributed by atoms with Crippen molar-refractivity contribution in [1.82, 2.24) is 15.3 Å². The number of aryl methyl sites for hydroxylation is 1. The summed E-state index contributed by atoms with van der Waals surface area (Å²) in [7, 11) is 0. The summed E-state index contributed by atoms with van der Waals surface area (Å²) in [5.41, 5.74) is 2.65. The average molecular weight is 487 g/mol. The summed E-state index contributed by atoms with van der Waals surface area (Å²) in [5, 5.41) is 3.24. The van der Waals surface area contributed by atoms with Crippen LogP contribution in [0, 0.1) is 0 Å². The molecule has 1 aliphatic carbocycles. The second kappa shape index (κ2) is 12.3. The molecule has 188 valence electrons. The average Bonchev–Trinajstić information content (AvgIpc) is 2.93. The summed E-state index contributed by atoms with van der Waals surface area (Å²) in [6.07, 6.45) is 10.6. The number of nitrogens with one attached hydrogen (secondary N) is 1. The zero-order valence-electron chi connectivity index (χ0n) is 21.0. The van der Waals surface area contributed by atoms with Crippen LogP contribution in [-0.2, 0) is 11.2 Å². The van der Waals surface area contributed by atoms with Gasteiger partial charge >= 0.3 is 0 Å². The Labute approximate surface area is 212 Å². The van der Waals surface area contributed by atoms with Crippen LogP contribution in [0.1, 0.15) is 73.6 Å². The van der Waals surface area contributed by atoms with E-state index in [1.54, 1.807) is 0 Å². The first-order chi connectivity index (χ1) is 17.6. The van der Waals surface area contributed by atoms with Gasteiger partial charge < -0.3 is 10.1 Å². The minimum atomic E-state index is -0.885. The monoisotopic (exact) mass is 486 g/mol. The molecular formula is C29H34N4O3. The molecule has 0 unspecified atom stereocenters. The van der Waals surface area contributed by atoms with Crippen LogP contribution in [0.5, 0.6) is 5.75 Å². The van der Waals surface area contributed by atoms with E-state index in [2.05, 4.69) is 22.2 Å². The van der Waals surface area contributed by atoms with Crippen LogP contribution in [0.25, 0.3) is 0 Å². The first kappa shape index (κ1) is 25.4. The molecule has 1 aromatic heterocycles. The molecule has 1 saturated carbocycles. The van der Waals surface area contributed by atoms with Crippen LogP contribution >= 0.6 is 0 Å². The summed E-state index contributed by atoms with van der Waals surface area (Å²) >= 11 is 0. The second-order valence-corrected chi connectivity index (χ2v) is 9.03. The molecule has 1 atom stereocenters. The van der Waals surface area contributed by atoms with E-state index in [9.17, 15) is 9.59 Å². The fourth-order valence-electron chi connectivity index (χ4n) is 4.67. The van der Waals surface area contributed by atoms with Gasteiger partial charge in [-0.2, -0.15) is 0 Å². The van der Waals surface area contributed by atoms with E-state index in [4.69, 9.17) is 4.74 Å². The first-order valence-corrected chi connectivity index (χ1v) is 12.8. The fraction of sp³-hybridized carbons (Fsp3) is 0.379. The Balaban J connectivity index is 1.78. The van der Waals surface area contributed by atoms with Crippen LogP contribution in [0.3, 0.4) is 0 Å². The first-order valence-electron chi connectivity index (χ1n) is 12.8. The Morgan fingerprint density at radius 2 is 1.72 bits per heavy atom. The number of rotatable bonds is 9. The van der Waals surface area contributed by atoms with Crippen LogP contribution in [0.2, 0.25) is 0 Å². The molecule has 7 heteroatoms.